The highest BCUT2D eigenvalue weighted by Crippen LogP contribution is 2.24. The van der Waals surface area contributed by atoms with Gasteiger partial charge in [0.15, 0.2) is 6.29 Å². The molecular weight excluding hydrogens is 1220 g/mol. The molecule has 1 heterocycles. The first-order valence-electron chi connectivity index (χ1n) is 43.3. The quantitative estimate of drug-likeness (QED) is 0.0195. The summed E-state index contributed by atoms with van der Waals surface area (Å²) in [4.78, 5) is 25.2. The van der Waals surface area contributed by atoms with Crippen LogP contribution in [0, 0.1) is 0 Å². The third-order valence-corrected chi connectivity index (χ3v) is 20.7. The summed E-state index contributed by atoms with van der Waals surface area (Å²) in [5.41, 5.74) is 0. The first-order chi connectivity index (χ1) is 48.2. The van der Waals surface area contributed by atoms with Crippen LogP contribution in [0.1, 0.15) is 444 Å². The van der Waals surface area contributed by atoms with Crippen LogP contribution in [0.15, 0.2) is 36.5 Å². The Morgan fingerprint density at radius 2 is 0.663 bits per heavy atom. The van der Waals surface area contributed by atoms with E-state index in [0.717, 1.165) is 51.4 Å². The van der Waals surface area contributed by atoms with Gasteiger partial charge in [0.2, 0.25) is 5.91 Å². The van der Waals surface area contributed by atoms with Crippen LogP contribution >= 0.6 is 0 Å². The third-order valence-electron chi connectivity index (χ3n) is 20.7. The minimum Gasteiger partial charge on any atom is -0.466 e. The topological polar surface area (TPSA) is 175 Å². The lowest BCUT2D eigenvalue weighted by molar-refractivity contribution is -0.302. The van der Waals surface area contributed by atoms with E-state index in [9.17, 15) is 35.1 Å². The zero-order chi connectivity index (χ0) is 70.8. The number of hydrogen-bond donors (Lipinski definition) is 6. The lowest BCUT2D eigenvalue weighted by Gasteiger charge is -2.40. The second-order valence-corrected chi connectivity index (χ2v) is 30.2. The summed E-state index contributed by atoms with van der Waals surface area (Å²) in [5.74, 6) is -0.163. The summed E-state index contributed by atoms with van der Waals surface area (Å²) in [6, 6.07) is -0.824. The van der Waals surface area contributed by atoms with E-state index in [2.05, 4.69) is 43.5 Å². The maximum Gasteiger partial charge on any atom is 0.305 e. The molecule has 11 heteroatoms. The molecule has 1 aliphatic heterocycles. The number of rotatable bonds is 78. The van der Waals surface area contributed by atoms with Gasteiger partial charge in [0.1, 0.15) is 24.4 Å². The molecule has 0 aromatic heterocycles. The van der Waals surface area contributed by atoms with E-state index in [1.54, 1.807) is 6.08 Å². The number of amides is 1. The number of unbranched alkanes of at least 4 members (excludes halogenated alkanes) is 60. The Bertz CT molecular complexity index is 1720. The molecule has 7 unspecified atom stereocenters. The number of allylic oxidation sites excluding steroid dienone is 5. The van der Waals surface area contributed by atoms with Gasteiger partial charge in [0.25, 0.3) is 0 Å². The van der Waals surface area contributed by atoms with E-state index in [1.807, 2.05) is 6.08 Å². The molecule has 0 aromatic carbocycles. The number of aliphatic hydroxyl groups excluding tert-OH is 5. The fourth-order valence-electron chi connectivity index (χ4n) is 14.0. The average molecular weight is 1390 g/mol. The first-order valence-corrected chi connectivity index (χ1v) is 43.3. The Labute approximate surface area is 606 Å². The Kier molecular flexibility index (Phi) is 72.8. The molecule has 1 amide bonds. The van der Waals surface area contributed by atoms with Crippen LogP contribution in [0.5, 0.6) is 0 Å². The summed E-state index contributed by atoms with van der Waals surface area (Å²) < 4.78 is 16.8. The van der Waals surface area contributed by atoms with Crippen LogP contribution in [-0.4, -0.2) is 100 Å². The van der Waals surface area contributed by atoms with Gasteiger partial charge in [-0.1, -0.05) is 397 Å². The Hall–Kier alpha value is -2.12. The molecule has 1 aliphatic rings. The van der Waals surface area contributed by atoms with Gasteiger partial charge < -0.3 is 45.1 Å². The normalized spacial score (nSPS) is 17.3. The molecule has 98 heavy (non-hydrogen) atoms. The van der Waals surface area contributed by atoms with Crippen LogP contribution < -0.4 is 5.32 Å². The Morgan fingerprint density at radius 3 is 1.01 bits per heavy atom. The number of nitrogens with one attached hydrogen (secondary N) is 1. The van der Waals surface area contributed by atoms with Crippen molar-refractivity contribution in [3.8, 4) is 0 Å². The molecule has 1 fully saturated rings. The van der Waals surface area contributed by atoms with Crippen LogP contribution in [0.3, 0.4) is 0 Å². The number of carbonyl (C=O) groups is 2. The van der Waals surface area contributed by atoms with E-state index < -0.39 is 49.5 Å². The molecular formula is C87H165NO10. The van der Waals surface area contributed by atoms with Crippen molar-refractivity contribution in [2.24, 2.45) is 0 Å². The molecule has 578 valence electrons. The van der Waals surface area contributed by atoms with Gasteiger partial charge >= 0.3 is 5.97 Å². The molecule has 0 radical (unpaired) electrons. The molecule has 11 nitrogen and oxygen atoms in total. The van der Waals surface area contributed by atoms with Crippen molar-refractivity contribution < 1.29 is 49.3 Å². The van der Waals surface area contributed by atoms with E-state index >= 15 is 0 Å². The number of ether oxygens (including phenoxy) is 3. The van der Waals surface area contributed by atoms with Crippen molar-refractivity contribution in [1.82, 2.24) is 5.32 Å². The lowest BCUT2D eigenvalue weighted by Crippen LogP contribution is -2.60. The zero-order valence-corrected chi connectivity index (χ0v) is 64.8. The predicted molar refractivity (Wildman–Crippen MR) is 417 cm³/mol. The molecule has 1 saturated heterocycles. The van der Waals surface area contributed by atoms with Crippen LogP contribution in [0.4, 0.5) is 0 Å². The summed E-state index contributed by atoms with van der Waals surface area (Å²) in [7, 11) is 0. The number of aliphatic hydroxyl groups is 5. The summed E-state index contributed by atoms with van der Waals surface area (Å²) in [5, 5.41) is 54.6. The van der Waals surface area contributed by atoms with E-state index in [4.69, 9.17) is 14.2 Å². The summed E-state index contributed by atoms with van der Waals surface area (Å²) >= 11 is 0. The smallest absolute Gasteiger partial charge is 0.305 e. The largest absolute Gasteiger partial charge is 0.466 e. The van der Waals surface area contributed by atoms with Crippen molar-refractivity contribution >= 4 is 11.9 Å². The maximum absolute atomic E-state index is 13.1. The highest BCUT2D eigenvalue weighted by molar-refractivity contribution is 5.76. The van der Waals surface area contributed by atoms with Gasteiger partial charge in [0.05, 0.1) is 32.0 Å². The summed E-state index contributed by atoms with van der Waals surface area (Å²) in [6.07, 6.45) is 90.7. The van der Waals surface area contributed by atoms with Gasteiger partial charge in [0, 0.05) is 12.8 Å². The highest BCUT2D eigenvalue weighted by Gasteiger charge is 2.44. The predicted octanol–water partition coefficient (Wildman–Crippen LogP) is 24.0. The van der Waals surface area contributed by atoms with E-state index in [-0.39, 0.29) is 18.5 Å². The van der Waals surface area contributed by atoms with E-state index in [0.29, 0.717) is 19.4 Å². The molecule has 0 aromatic rings. The standard InChI is InChI=1S/C87H165NO10/c1-3-5-7-9-11-13-15-17-18-19-44-47-51-55-59-63-67-71-75-83(92)96-76-72-68-64-60-56-52-48-45-42-40-38-36-34-32-30-28-26-24-22-20-21-23-25-27-29-31-33-35-37-39-41-43-46-50-54-58-62-66-70-74-82(91)88-79(78-97-87-86(95)85(94)84(93)81(77-89)98-87)80(90)73-69-65-61-57-53-49-16-14-12-10-8-6-4-2/h20-21,53,57,69,73,79-81,84-87,89-90,93-95H,3-19,22-52,54-56,58-68,70-72,74-78H2,1-2H3,(H,88,91)/b21-20-,57-53+,73-69+. The van der Waals surface area contributed by atoms with Crippen molar-refractivity contribution in [2.75, 3.05) is 19.8 Å². The molecule has 1 rings (SSSR count). The van der Waals surface area contributed by atoms with E-state index in [1.165, 1.54) is 366 Å². The zero-order valence-electron chi connectivity index (χ0n) is 64.8. The van der Waals surface area contributed by atoms with Crippen molar-refractivity contribution in [3.63, 3.8) is 0 Å². The van der Waals surface area contributed by atoms with Gasteiger partial charge in [-0.15, -0.1) is 0 Å². The Morgan fingerprint density at radius 1 is 0.367 bits per heavy atom. The van der Waals surface area contributed by atoms with Gasteiger partial charge in [-0.2, -0.15) is 0 Å². The van der Waals surface area contributed by atoms with Crippen molar-refractivity contribution in [2.45, 2.75) is 487 Å². The first kappa shape index (κ1) is 93.9. The van der Waals surface area contributed by atoms with Gasteiger partial charge in [-0.3, -0.25) is 9.59 Å². The van der Waals surface area contributed by atoms with Crippen molar-refractivity contribution in [3.05, 3.63) is 36.5 Å². The van der Waals surface area contributed by atoms with Crippen molar-refractivity contribution in [1.29, 1.82) is 0 Å². The second kappa shape index (κ2) is 76.0. The van der Waals surface area contributed by atoms with Gasteiger partial charge in [-0.25, -0.2) is 0 Å². The average Bonchev–Trinajstić information content (AvgIpc) is 0.831. The number of hydrogen-bond acceptors (Lipinski definition) is 10. The van der Waals surface area contributed by atoms with Gasteiger partial charge in [-0.05, 0) is 70.6 Å². The molecule has 0 saturated carbocycles. The fourth-order valence-corrected chi connectivity index (χ4v) is 14.0. The van der Waals surface area contributed by atoms with Crippen LogP contribution in [0.2, 0.25) is 0 Å². The highest BCUT2D eigenvalue weighted by atomic mass is 16.7. The van der Waals surface area contributed by atoms with Crippen LogP contribution in [0.25, 0.3) is 0 Å². The minimum absolute atomic E-state index is 0.0220. The molecule has 0 aliphatic carbocycles. The molecule has 0 spiro atoms. The monoisotopic (exact) mass is 1380 g/mol. The second-order valence-electron chi connectivity index (χ2n) is 30.2. The SMILES string of the molecule is CCCCCCCCC/C=C/CC/C=C/C(O)C(COC1OC(CO)C(O)C(O)C1O)NC(=O)CCCCCCCCCCCCCCCCCCC/C=C\CCCCCCCCCCCCCCCCCCCCOC(=O)CCCCCCCCCCCCCCCCCCCC. The fraction of sp³-hybridized carbons (Fsp3) is 0.908. The Balaban J connectivity index is 1.86. The summed E-state index contributed by atoms with van der Waals surface area (Å²) in [6.45, 7) is 4.39. The minimum atomic E-state index is -1.57. The molecule has 7 atom stereocenters. The molecule has 0 bridgehead atoms. The number of carbonyl (C=O) groups excluding carboxylic acids is 2. The molecule has 6 N–H and O–H groups in total. The van der Waals surface area contributed by atoms with Crippen LogP contribution in [-0.2, 0) is 23.8 Å². The number of esters is 1. The third kappa shape index (κ3) is 63.6. The maximum atomic E-state index is 13.1. The lowest BCUT2D eigenvalue weighted by atomic mass is 9.99.